The van der Waals surface area contributed by atoms with Crippen LogP contribution in [0.4, 0.5) is 0 Å². The van der Waals surface area contributed by atoms with Gasteiger partial charge in [-0.15, -0.1) is 0 Å². The van der Waals surface area contributed by atoms with E-state index in [0.29, 0.717) is 11.0 Å². The monoisotopic (exact) mass is 187 g/mol. The van der Waals surface area contributed by atoms with Gasteiger partial charge in [0.15, 0.2) is 6.54 Å². The number of likely N-dealkylation sites (N-methyl/N-ethyl adjacent to an activating group) is 1. The van der Waals surface area contributed by atoms with Crippen LogP contribution >= 0.6 is 0 Å². The highest BCUT2D eigenvalue weighted by Crippen LogP contribution is 1.97. The van der Waals surface area contributed by atoms with Crippen LogP contribution in [0.25, 0.3) is 0 Å². The molecular formula is C9H19N2O2+. The first kappa shape index (κ1) is 12.1. The van der Waals surface area contributed by atoms with Crippen molar-refractivity contribution >= 4 is 11.8 Å². The predicted octanol–water partition coefficient (Wildman–Crippen LogP) is 0.135. The van der Waals surface area contributed by atoms with Gasteiger partial charge >= 0.3 is 0 Å². The van der Waals surface area contributed by atoms with E-state index in [1.54, 1.807) is 0 Å². The Morgan fingerprint density at radius 1 is 1.31 bits per heavy atom. The summed E-state index contributed by atoms with van der Waals surface area (Å²) in [7, 11) is 3.95. The third-order valence-corrected chi connectivity index (χ3v) is 1.72. The molecule has 2 amide bonds. The summed E-state index contributed by atoms with van der Waals surface area (Å²) in [4.78, 5) is 21.8. The molecule has 0 aliphatic carbocycles. The maximum Gasteiger partial charge on any atom is 0.281 e. The van der Waals surface area contributed by atoms with E-state index in [1.807, 2.05) is 14.1 Å². The van der Waals surface area contributed by atoms with Gasteiger partial charge < -0.3 is 4.48 Å². The van der Waals surface area contributed by atoms with Crippen LogP contribution in [0.1, 0.15) is 20.3 Å². The lowest BCUT2D eigenvalue weighted by molar-refractivity contribution is -0.882. The molecule has 0 rings (SSSR count). The van der Waals surface area contributed by atoms with Crippen LogP contribution in [0.3, 0.4) is 0 Å². The van der Waals surface area contributed by atoms with Crippen molar-refractivity contribution in [2.24, 2.45) is 0 Å². The molecule has 0 saturated carbocycles. The summed E-state index contributed by atoms with van der Waals surface area (Å²) in [6.07, 6.45) is 1.03. The van der Waals surface area contributed by atoms with E-state index in [0.717, 1.165) is 13.0 Å². The van der Waals surface area contributed by atoms with Gasteiger partial charge in [0.25, 0.3) is 5.91 Å². The molecule has 13 heavy (non-hydrogen) atoms. The van der Waals surface area contributed by atoms with E-state index in [4.69, 9.17) is 0 Å². The highest BCUT2D eigenvalue weighted by atomic mass is 16.2. The molecule has 76 valence electrons. The lowest BCUT2D eigenvalue weighted by Gasteiger charge is -2.28. The van der Waals surface area contributed by atoms with Crippen molar-refractivity contribution in [2.45, 2.75) is 20.3 Å². The fraction of sp³-hybridized carbons (Fsp3) is 0.778. The van der Waals surface area contributed by atoms with Crippen molar-refractivity contribution < 1.29 is 14.1 Å². The molecule has 0 aliphatic rings. The molecule has 0 aromatic rings. The van der Waals surface area contributed by atoms with Gasteiger partial charge in [-0.05, 0) is 6.42 Å². The largest absolute Gasteiger partial charge is 0.321 e. The van der Waals surface area contributed by atoms with Gasteiger partial charge in [0, 0.05) is 6.92 Å². The lowest BCUT2D eigenvalue weighted by atomic mass is 10.3. The predicted molar refractivity (Wildman–Crippen MR) is 51.0 cm³/mol. The molecule has 1 N–H and O–H groups in total. The number of carbonyl (C=O) groups is 2. The highest BCUT2D eigenvalue weighted by molar-refractivity contribution is 5.94. The molecule has 0 fully saturated rings. The quantitative estimate of drug-likeness (QED) is 0.636. The van der Waals surface area contributed by atoms with Crippen LogP contribution in [0, 0.1) is 0 Å². The normalized spacial score (nSPS) is 11.1. The van der Waals surface area contributed by atoms with Gasteiger partial charge in [-0.2, -0.15) is 0 Å². The summed E-state index contributed by atoms with van der Waals surface area (Å²) in [5.41, 5.74) is 0. The Kier molecular flexibility index (Phi) is 4.62. The number of nitrogens with zero attached hydrogens (tertiary/aromatic N) is 1. The summed E-state index contributed by atoms with van der Waals surface area (Å²) in [5.74, 6) is -0.493. The van der Waals surface area contributed by atoms with Crippen LogP contribution in [-0.4, -0.2) is 43.5 Å². The first-order valence-corrected chi connectivity index (χ1v) is 4.50. The van der Waals surface area contributed by atoms with Crippen LogP contribution in [0.2, 0.25) is 0 Å². The molecule has 4 heteroatoms. The van der Waals surface area contributed by atoms with E-state index in [2.05, 4.69) is 12.2 Å². The molecule has 4 nitrogen and oxygen atoms in total. The van der Waals surface area contributed by atoms with Crippen molar-refractivity contribution in [2.75, 3.05) is 27.2 Å². The summed E-state index contributed by atoms with van der Waals surface area (Å²) < 4.78 is 0.621. The van der Waals surface area contributed by atoms with Gasteiger partial charge in [0.2, 0.25) is 5.91 Å². The molecule has 0 atom stereocenters. The molecule has 0 radical (unpaired) electrons. The Bertz CT molecular complexity index is 200. The van der Waals surface area contributed by atoms with Crippen LogP contribution in [0.5, 0.6) is 0 Å². The summed E-state index contributed by atoms with van der Waals surface area (Å²) in [6.45, 7) is 4.71. The van der Waals surface area contributed by atoms with Gasteiger partial charge in [-0.3, -0.25) is 14.9 Å². The van der Waals surface area contributed by atoms with Crippen molar-refractivity contribution in [3.05, 3.63) is 0 Å². The van der Waals surface area contributed by atoms with Gasteiger partial charge in [-0.1, -0.05) is 6.92 Å². The Morgan fingerprint density at radius 2 is 1.85 bits per heavy atom. The molecule has 0 bridgehead atoms. The highest BCUT2D eigenvalue weighted by Gasteiger charge is 2.19. The van der Waals surface area contributed by atoms with E-state index >= 15 is 0 Å². The Hall–Kier alpha value is -0.900. The number of carbonyl (C=O) groups excluding carboxylic acids is 2. The van der Waals surface area contributed by atoms with Crippen LogP contribution in [-0.2, 0) is 9.59 Å². The molecule has 0 aromatic heterocycles. The zero-order valence-corrected chi connectivity index (χ0v) is 8.89. The standard InChI is InChI=1S/C9H18N2O2/c1-5-6-11(3,4)7-9(13)10-8(2)12/h5-7H2,1-4H3/p+1. The topological polar surface area (TPSA) is 46.2 Å². The molecule has 0 spiro atoms. The fourth-order valence-electron chi connectivity index (χ4n) is 1.31. The van der Waals surface area contributed by atoms with Gasteiger partial charge in [0.1, 0.15) is 0 Å². The maximum atomic E-state index is 11.2. The van der Waals surface area contributed by atoms with Crippen molar-refractivity contribution in [3.63, 3.8) is 0 Å². The lowest BCUT2D eigenvalue weighted by Crippen LogP contribution is -2.48. The van der Waals surface area contributed by atoms with Crippen molar-refractivity contribution in [1.82, 2.24) is 5.32 Å². The second kappa shape index (κ2) is 4.97. The molecule has 0 aliphatic heterocycles. The smallest absolute Gasteiger partial charge is 0.281 e. The van der Waals surface area contributed by atoms with E-state index < -0.39 is 0 Å². The number of nitrogens with one attached hydrogen (secondary N) is 1. The average molecular weight is 187 g/mol. The van der Waals surface area contributed by atoms with Gasteiger partial charge in [-0.25, -0.2) is 0 Å². The minimum atomic E-state index is -0.290. The number of amides is 2. The summed E-state index contributed by atoms with van der Waals surface area (Å²) in [5, 5.41) is 2.26. The Morgan fingerprint density at radius 3 is 2.23 bits per heavy atom. The van der Waals surface area contributed by atoms with E-state index in [9.17, 15) is 9.59 Å². The Labute approximate surface area is 79.5 Å². The minimum Gasteiger partial charge on any atom is -0.321 e. The van der Waals surface area contributed by atoms with E-state index in [1.165, 1.54) is 6.92 Å². The number of rotatable bonds is 4. The number of imide groups is 1. The summed E-state index contributed by atoms with van der Waals surface area (Å²) in [6, 6.07) is 0. The molecular weight excluding hydrogens is 168 g/mol. The average Bonchev–Trinajstić information content (AvgIpc) is 1.81. The zero-order chi connectivity index (χ0) is 10.5. The molecule has 0 aromatic carbocycles. The van der Waals surface area contributed by atoms with E-state index in [-0.39, 0.29) is 11.8 Å². The number of quaternary nitrogens is 1. The third-order valence-electron chi connectivity index (χ3n) is 1.72. The molecule has 0 saturated heterocycles. The van der Waals surface area contributed by atoms with Crippen molar-refractivity contribution in [3.8, 4) is 0 Å². The maximum absolute atomic E-state index is 11.2. The van der Waals surface area contributed by atoms with Crippen LogP contribution < -0.4 is 5.32 Å². The summed E-state index contributed by atoms with van der Waals surface area (Å²) >= 11 is 0. The van der Waals surface area contributed by atoms with Crippen molar-refractivity contribution in [1.29, 1.82) is 0 Å². The SMILES string of the molecule is CCC[N+](C)(C)CC(=O)NC(C)=O. The Balaban J connectivity index is 3.96. The van der Waals surface area contributed by atoms with Gasteiger partial charge in [0.05, 0.1) is 20.6 Å². The second-order valence-corrected chi connectivity index (χ2v) is 3.92. The number of hydrogen-bond donors (Lipinski definition) is 1. The third kappa shape index (κ3) is 6.28. The second-order valence-electron chi connectivity index (χ2n) is 3.92. The number of hydrogen-bond acceptors (Lipinski definition) is 2. The zero-order valence-electron chi connectivity index (χ0n) is 8.89. The first-order chi connectivity index (χ1) is 5.87. The molecule has 0 heterocycles. The minimum absolute atomic E-state index is 0.203. The fourth-order valence-corrected chi connectivity index (χ4v) is 1.31. The van der Waals surface area contributed by atoms with Crippen LogP contribution in [0.15, 0.2) is 0 Å². The first-order valence-electron chi connectivity index (χ1n) is 4.50. The molecule has 0 unspecified atom stereocenters.